The van der Waals surface area contributed by atoms with Crippen LogP contribution in [0.15, 0.2) is 28.8 Å². The lowest BCUT2D eigenvalue weighted by Gasteiger charge is -2.14. The summed E-state index contributed by atoms with van der Waals surface area (Å²) < 4.78 is 16.5. The van der Waals surface area contributed by atoms with Crippen molar-refractivity contribution in [1.82, 2.24) is 15.1 Å². The highest BCUT2D eigenvalue weighted by Crippen LogP contribution is 2.37. The monoisotopic (exact) mass is 459 g/mol. The van der Waals surface area contributed by atoms with E-state index in [0.717, 1.165) is 29.7 Å². The Morgan fingerprint density at radius 2 is 1.94 bits per heavy atom. The maximum Gasteiger partial charge on any atom is 0.258 e. The molecule has 1 aliphatic rings. The maximum atomic E-state index is 9.51. The molecule has 9 heteroatoms. The van der Waals surface area contributed by atoms with Gasteiger partial charge in [-0.15, -0.1) is 0 Å². The van der Waals surface area contributed by atoms with E-state index in [1.807, 2.05) is 19.1 Å². The number of rotatable bonds is 8. The minimum atomic E-state index is -0.976. The number of nitrogens with zero attached hydrogens (tertiary/aromatic N) is 3. The molecule has 1 aliphatic carbocycles. The molecule has 0 saturated heterocycles. The third-order valence-electron chi connectivity index (χ3n) is 5.60. The normalized spacial score (nSPS) is 15.2. The average Bonchev–Trinajstić information content (AvgIpc) is 3.50. The van der Waals surface area contributed by atoms with E-state index >= 15 is 0 Å². The second-order valence-corrected chi connectivity index (χ2v) is 8.39. The molecule has 8 nitrogen and oxygen atoms in total. The maximum absolute atomic E-state index is 9.51. The number of hydrogen-bond donors (Lipinski definition) is 2. The summed E-state index contributed by atoms with van der Waals surface area (Å²) in [6.45, 7) is 1.39. The number of aliphatic hydroxyl groups excluding tert-OH is 2. The van der Waals surface area contributed by atoms with Crippen LogP contribution < -0.4 is 9.47 Å². The summed E-state index contributed by atoms with van der Waals surface area (Å²) >= 11 is 6.39. The number of aliphatic hydroxyl groups is 2. The highest BCUT2D eigenvalue weighted by atomic mass is 35.5. The molecule has 32 heavy (non-hydrogen) atoms. The average molecular weight is 460 g/mol. The predicted octanol–water partition coefficient (Wildman–Crippen LogP) is 4.16. The van der Waals surface area contributed by atoms with Crippen LogP contribution in [0.4, 0.5) is 0 Å². The lowest BCUT2D eigenvalue weighted by molar-refractivity contribution is 0.0534. The molecule has 0 amide bonds. The standard InChI is InChI=1S/C23H26ClN3O5/c1-13-7-15(8-18(24)21(13)31-12-17(29)11-28)22-26-23(32-27-22)16-9-19(14-5-3-4-6-14)25-20(10-16)30-2/h7-10,14,17,28-29H,3-6,11-12H2,1-2H3/t17-/m0/s1. The van der Waals surface area contributed by atoms with Crippen LogP contribution in [-0.2, 0) is 0 Å². The van der Waals surface area contributed by atoms with E-state index in [-0.39, 0.29) is 13.2 Å². The zero-order valence-corrected chi connectivity index (χ0v) is 18.8. The van der Waals surface area contributed by atoms with E-state index in [1.54, 1.807) is 19.2 Å². The first-order valence-electron chi connectivity index (χ1n) is 10.6. The van der Waals surface area contributed by atoms with Gasteiger partial charge >= 0.3 is 0 Å². The molecular formula is C23H26ClN3O5. The molecule has 2 heterocycles. The Morgan fingerprint density at radius 3 is 2.62 bits per heavy atom. The fourth-order valence-corrected chi connectivity index (χ4v) is 4.24. The van der Waals surface area contributed by atoms with Crippen LogP contribution in [0.5, 0.6) is 11.6 Å². The van der Waals surface area contributed by atoms with Crippen molar-refractivity contribution < 1.29 is 24.2 Å². The summed E-state index contributed by atoms with van der Waals surface area (Å²) in [5, 5.41) is 22.9. The fourth-order valence-electron chi connectivity index (χ4n) is 3.92. The molecule has 3 aromatic rings. The largest absolute Gasteiger partial charge is 0.489 e. The zero-order valence-electron chi connectivity index (χ0n) is 18.0. The first-order chi connectivity index (χ1) is 15.5. The van der Waals surface area contributed by atoms with E-state index in [4.69, 9.17) is 30.7 Å². The van der Waals surface area contributed by atoms with Gasteiger partial charge in [-0.1, -0.05) is 29.6 Å². The molecule has 2 aromatic heterocycles. The molecule has 170 valence electrons. The van der Waals surface area contributed by atoms with Crippen molar-refractivity contribution >= 4 is 11.6 Å². The van der Waals surface area contributed by atoms with Gasteiger partial charge in [0.15, 0.2) is 0 Å². The molecule has 4 rings (SSSR count). The van der Waals surface area contributed by atoms with Crippen molar-refractivity contribution in [1.29, 1.82) is 0 Å². The quantitative estimate of drug-likeness (QED) is 0.516. The van der Waals surface area contributed by atoms with Gasteiger partial charge in [0.1, 0.15) is 18.5 Å². The van der Waals surface area contributed by atoms with Crippen LogP contribution in [-0.4, -0.2) is 51.8 Å². The molecule has 1 aromatic carbocycles. The number of benzene rings is 1. The molecule has 1 atom stereocenters. The topological polar surface area (TPSA) is 111 Å². The molecule has 0 unspecified atom stereocenters. The van der Waals surface area contributed by atoms with E-state index in [1.165, 1.54) is 12.8 Å². The van der Waals surface area contributed by atoms with E-state index in [2.05, 4.69) is 15.1 Å². The number of methoxy groups -OCH3 is 1. The fraction of sp³-hybridized carbons (Fsp3) is 0.435. The lowest BCUT2D eigenvalue weighted by Crippen LogP contribution is -2.21. The number of pyridine rings is 1. The van der Waals surface area contributed by atoms with Crippen molar-refractivity contribution in [3.8, 4) is 34.5 Å². The summed E-state index contributed by atoms with van der Waals surface area (Å²) in [6.07, 6.45) is 3.69. The summed E-state index contributed by atoms with van der Waals surface area (Å²) in [5.41, 5.74) is 3.17. The van der Waals surface area contributed by atoms with Gasteiger partial charge in [-0.2, -0.15) is 4.98 Å². The second-order valence-electron chi connectivity index (χ2n) is 7.98. The summed E-state index contributed by atoms with van der Waals surface area (Å²) in [5.74, 6) is 2.15. The Balaban J connectivity index is 1.61. The minimum Gasteiger partial charge on any atom is -0.489 e. The van der Waals surface area contributed by atoms with Crippen LogP contribution in [0.25, 0.3) is 22.8 Å². The van der Waals surface area contributed by atoms with Crippen LogP contribution >= 0.6 is 11.6 Å². The molecule has 1 fully saturated rings. The highest BCUT2D eigenvalue weighted by Gasteiger charge is 2.22. The third kappa shape index (κ3) is 4.87. The molecule has 0 bridgehead atoms. The lowest BCUT2D eigenvalue weighted by atomic mass is 10.0. The van der Waals surface area contributed by atoms with E-state index in [9.17, 15) is 5.11 Å². The highest BCUT2D eigenvalue weighted by molar-refractivity contribution is 6.32. The van der Waals surface area contributed by atoms with Crippen LogP contribution in [0, 0.1) is 6.92 Å². The zero-order chi connectivity index (χ0) is 22.7. The molecular weight excluding hydrogens is 434 g/mol. The Hall–Kier alpha value is -2.68. The van der Waals surface area contributed by atoms with Gasteiger partial charge in [0.2, 0.25) is 11.7 Å². The van der Waals surface area contributed by atoms with Crippen molar-refractivity contribution in [2.75, 3.05) is 20.3 Å². The van der Waals surface area contributed by atoms with E-state index < -0.39 is 6.10 Å². The number of hydrogen-bond acceptors (Lipinski definition) is 8. The number of halogens is 1. The number of aryl methyl sites for hydroxylation is 1. The molecule has 0 radical (unpaired) electrons. The molecule has 2 N–H and O–H groups in total. The van der Waals surface area contributed by atoms with Crippen LogP contribution in [0.2, 0.25) is 5.02 Å². The van der Waals surface area contributed by atoms with Crippen LogP contribution in [0.1, 0.15) is 42.9 Å². The Morgan fingerprint density at radius 1 is 1.16 bits per heavy atom. The van der Waals surface area contributed by atoms with Gasteiger partial charge in [-0.05, 0) is 43.5 Å². The van der Waals surface area contributed by atoms with Crippen molar-refractivity contribution in [3.63, 3.8) is 0 Å². The summed E-state index contributed by atoms with van der Waals surface area (Å²) in [7, 11) is 1.59. The van der Waals surface area contributed by atoms with Crippen LogP contribution in [0.3, 0.4) is 0 Å². The molecule has 0 spiro atoms. The van der Waals surface area contributed by atoms with Crippen molar-refractivity contribution in [2.45, 2.75) is 44.6 Å². The number of ether oxygens (including phenoxy) is 2. The summed E-state index contributed by atoms with van der Waals surface area (Å²) in [4.78, 5) is 9.18. The van der Waals surface area contributed by atoms with Crippen molar-refractivity contribution in [2.24, 2.45) is 0 Å². The Kier molecular flexibility index (Phi) is 6.93. The van der Waals surface area contributed by atoms with Gasteiger partial charge in [-0.25, -0.2) is 4.98 Å². The first kappa shape index (κ1) is 22.5. The first-order valence-corrected chi connectivity index (χ1v) is 11.0. The SMILES string of the molecule is COc1cc(-c2nc(-c3cc(C)c(OC[C@@H](O)CO)c(Cl)c3)no2)cc(C2CCCC2)n1. The van der Waals surface area contributed by atoms with Gasteiger partial charge in [0.05, 0.1) is 18.7 Å². The van der Waals surface area contributed by atoms with Gasteiger partial charge in [-0.3, -0.25) is 0 Å². The molecule has 1 saturated carbocycles. The minimum absolute atomic E-state index is 0.0596. The smallest absolute Gasteiger partial charge is 0.258 e. The number of aromatic nitrogens is 3. The van der Waals surface area contributed by atoms with Gasteiger partial charge < -0.3 is 24.2 Å². The Labute approximate surface area is 191 Å². The predicted molar refractivity (Wildman–Crippen MR) is 119 cm³/mol. The summed E-state index contributed by atoms with van der Waals surface area (Å²) in [6, 6.07) is 7.30. The van der Waals surface area contributed by atoms with Crippen molar-refractivity contribution in [3.05, 3.63) is 40.5 Å². The third-order valence-corrected chi connectivity index (χ3v) is 5.88. The Bertz CT molecular complexity index is 1060. The second kappa shape index (κ2) is 9.85. The molecule has 0 aliphatic heterocycles. The van der Waals surface area contributed by atoms with Gasteiger partial charge in [0.25, 0.3) is 5.89 Å². The van der Waals surface area contributed by atoms with Gasteiger partial charge in [0, 0.05) is 28.8 Å². The van der Waals surface area contributed by atoms with E-state index in [0.29, 0.717) is 39.8 Å².